The summed E-state index contributed by atoms with van der Waals surface area (Å²) in [6.45, 7) is -1.44. The quantitative estimate of drug-likeness (QED) is 0.551. The van der Waals surface area contributed by atoms with Crippen molar-refractivity contribution in [2.75, 3.05) is 6.61 Å². The molecule has 0 saturated carbocycles. The number of hydrogen-bond donors (Lipinski definition) is 0. The van der Waals surface area contributed by atoms with Crippen molar-refractivity contribution >= 4 is 12.4 Å². The summed E-state index contributed by atoms with van der Waals surface area (Å²) >= 11 is 0. The minimum atomic E-state index is -5.25. The maximum Gasteiger partial charge on any atom is 1.00 e. The van der Waals surface area contributed by atoms with E-state index in [-0.39, 0.29) is 69.7 Å². The van der Waals surface area contributed by atoms with Gasteiger partial charge in [-0.1, -0.05) is 19.3 Å². The summed E-state index contributed by atoms with van der Waals surface area (Å²) < 4.78 is 55.4. The van der Waals surface area contributed by atoms with E-state index in [9.17, 15) is 17.3 Å². The van der Waals surface area contributed by atoms with Gasteiger partial charge in [0.2, 0.25) is 0 Å². The van der Waals surface area contributed by atoms with Crippen molar-refractivity contribution in [1.29, 1.82) is 0 Å². The normalized spacial score (nSPS) is 11.2. The van der Waals surface area contributed by atoms with Crippen molar-refractivity contribution in [1.82, 2.24) is 0 Å². The topological polar surface area (TPSA) is 9.23 Å². The fourth-order valence-corrected chi connectivity index (χ4v) is 1.16. The molecule has 0 fully saturated rings. The molecule has 0 heterocycles. The van der Waals surface area contributed by atoms with Gasteiger partial charge in [-0.3, -0.25) is 0 Å². The molecular weight excluding hydrogens is 262 g/mol. The second kappa shape index (κ2) is 7.13. The Balaban J connectivity index is 0.00000256. The summed E-state index contributed by atoms with van der Waals surface area (Å²) in [5, 5.41) is 0. The molecule has 0 atom stereocenters. The monoisotopic (exact) mass is 274 g/mol. The van der Waals surface area contributed by atoms with Crippen molar-refractivity contribution in [2.45, 2.75) is 13.8 Å². The fraction of sp³-hybridized carbons (Fsp3) is 0.400. The standard InChI is InChI=1S/C10H12BF4O.K/c1-7(2)6-16-10-4-3-8(12)5-9(10)11(13,14)15;/h3-5,7H,6H2,1-2H3;/q-1;+1. The van der Waals surface area contributed by atoms with Gasteiger partial charge >= 0.3 is 58.4 Å². The third-order valence-electron chi connectivity index (χ3n) is 1.90. The Labute approximate surface area is 140 Å². The average Bonchev–Trinajstić information content (AvgIpc) is 2.14. The Bertz CT molecular complexity index is 368. The van der Waals surface area contributed by atoms with Crippen LogP contribution in [0.4, 0.5) is 17.3 Å². The van der Waals surface area contributed by atoms with Crippen LogP contribution in [0.2, 0.25) is 0 Å². The minimum absolute atomic E-state index is 0. The van der Waals surface area contributed by atoms with Crippen molar-refractivity contribution in [2.24, 2.45) is 5.92 Å². The van der Waals surface area contributed by atoms with E-state index in [1.807, 2.05) is 13.8 Å². The van der Waals surface area contributed by atoms with Crippen LogP contribution in [0.1, 0.15) is 13.8 Å². The van der Waals surface area contributed by atoms with Gasteiger partial charge in [0, 0.05) is 0 Å². The first kappa shape index (κ1) is 17.4. The van der Waals surface area contributed by atoms with Gasteiger partial charge in [0.15, 0.2) is 0 Å². The number of hydrogen-bond acceptors (Lipinski definition) is 1. The predicted octanol–water partition coefficient (Wildman–Crippen LogP) is -0.0811. The Kier molecular flexibility index (Phi) is 7.32. The summed E-state index contributed by atoms with van der Waals surface area (Å²) in [5.41, 5.74) is -1.01. The van der Waals surface area contributed by atoms with Crippen LogP contribution < -0.4 is 61.6 Å². The van der Waals surface area contributed by atoms with Crippen LogP contribution in [0.5, 0.6) is 5.75 Å². The molecule has 1 nitrogen and oxygen atoms in total. The zero-order valence-electron chi connectivity index (χ0n) is 10.0. The maximum absolute atomic E-state index is 12.7. The van der Waals surface area contributed by atoms with E-state index in [4.69, 9.17) is 4.74 Å². The van der Waals surface area contributed by atoms with Crippen LogP contribution >= 0.6 is 0 Å². The Hall–Kier alpha value is 0.441. The third-order valence-corrected chi connectivity index (χ3v) is 1.90. The first-order chi connectivity index (χ1) is 7.30. The first-order valence-corrected chi connectivity index (χ1v) is 4.93. The van der Waals surface area contributed by atoms with Gasteiger partial charge in [0.1, 0.15) is 5.82 Å². The predicted molar refractivity (Wildman–Crippen MR) is 55.4 cm³/mol. The van der Waals surface area contributed by atoms with Crippen LogP contribution in [-0.2, 0) is 0 Å². The fourth-order valence-electron chi connectivity index (χ4n) is 1.16. The van der Waals surface area contributed by atoms with Crippen LogP contribution in [0.15, 0.2) is 18.2 Å². The molecule has 0 bridgehead atoms. The Morgan fingerprint density at radius 2 is 1.82 bits per heavy atom. The minimum Gasteiger partial charge on any atom is -0.496 e. The third kappa shape index (κ3) is 5.74. The zero-order chi connectivity index (χ0) is 12.3. The van der Waals surface area contributed by atoms with E-state index >= 15 is 0 Å². The number of ether oxygens (including phenoxy) is 1. The van der Waals surface area contributed by atoms with E-state index < -0.39 is 18.3 Å². The van der Waals surface area contributed by atoms with E-state index in [0.717, 1.165) is 12.1 Å². The molecule has 0 radical (unpaired) electrons. The van der Waals surface area contributed by atoms with E-state index in [1.54, 1.807) is 0 Å². The smallest absolute Gasteiger partial charge is 0.496 e. The molecule has 0 saturated heterocycles. The van der Waals surface area contributed by atoms with E-state index in [0.29, 0.717) is 6.07 Å². The molecule has 7 heteroatoms. The molecule has 1 aromatic rings. The van der Waals surface area contributed by atoms with Crippen molar-refractivity contribution < 1.29 is 73.5 Å². The van der Waals surface area contributed by atoms with E-state index in [1.165, 1.54) is 0 Å². The number of rotatable bonds is 4. The Morgan fingerprint density at radius 3 is 2.29 bits per heavy atom. The van der Waals surface area contributed by atoms with Crippen LogP contribution in [0.3, 0.4) is 0 Å². The molecule has 1 aromatic carbocycles. The van der Waals surface area contributed by atoms with E-state index in [2.05, 4.69) is 0 Å². The van der Waals surface area contributed by atoms with Gasteiger partial charge in [-0.15, -0.1) is 0 Å². The maximum atomic E-state index is 12.7. The first-order valence-electron chi connectivity index (χ1n) is 4.93. The summed E-state index contributed by atoms with van der Waals surface area (Å²) in [6.07, 6.45) is 0. The SMILES string of the molecule is CC(C)COc1ccc(F)cc1[B-](F)(F)F.[K+]. The van der Waals surface area contributed by atoms with Crippen molar-refractivity contribution in [3.05, 3.63) is 24.0 Å². The van der Waals surface area contributed by atoms with Gasteiger partial charge < -0.3 is 17.7 Å². The summed E-state index contributed by atoms with van der Waals surface area (Å²) in [7, 11) is 0. The molecule has 0 spiro atoms. The zero-order valence-corrected chi connectivity index (χ0v) is 13.1. The molecule has 0 amide bonds. The molecule has 0 aliphatic carbocycles. The molecule has 90 valence electrons. The molecule has 0 unspecified atom stereocenters. The summed E-state index contributed by atoms with van der Waals surface area (Å²) in [5.74, 6) is -1.10. The van der Waals surface area contributed by atoms with Gasteiger partial charge in [-0.25, -0.2) is 4.39 Å². The molecular formula is C10H12BF4KO. The second-order valence-corrected chi connectivity index (χ2v) is 3.96. The number of halogens is 4. The second-order valence-electron chi connectivity index (χ2n) is 3.96. The van der Waals surface area contributed by atoms with Gasteiger partial charge in [0.05, 0.1) is 12.4 Å². The molecule has 0 aliphatic heterocycles. The molecule has 0 aliphatic rings. The summed E-state index contributed by atoms with van der Waals surface area (Å²) in [6, 6.07) is 2.44. The van der Waals surface area contributed by atoms with Crippen LogP contribution in [0, 0.1) is 11.7 Å². The number of benzene rings is 1. The largest absolute Gasteiger partial charge is 1.00 e. The molecule has 1 rings (SSSR count). The molecule has 17 heavy (non-hydrogen) atoms. The van der Waals surface area contributed by atoms with Gasteiger partial charge in [-0.2, -0.15) is 0 Å². The molecule has 0 N–H and O–H groups in total. The Morgan fingerprint density at radius 1 is 1.24 bits per heavy atom. The van der Waals surface area contributed by atoms with Crippen LogP contribution in [0.25, 0.3) is 0 Å². The summed E-state index contributed by atoms with van der Waals surface area (Å²) in [4.78, 5) is 0. The average molecular weight is 274 g/mol. The van der Waals surface area contributed by atoms with Crippen molar-refractivity contribution in [3.63, 3.8) is 0 Å². The van der Waals surface area contributed by atoms with Gasteiger partial charge in [0.25, 0.3) is 0 Å². The van der Waals surface area contributed by atoms with Crippen molar-refractivity contribution in [3.8, 4) is 5.75 Å². The molecule has 0 aromatic heterocycles. The van der Waals surface area contributed by atoms with Gasteiger partial charge in [-0.05, 0) is 24.1 Å². The van der Waals surface area contributed by atoms with Crippen LogP contribution in [-0.4, -0.2) is 13.6 Å².